The summed E-state index contributed by atoms with van der Waals surface area (Å²) in [6.07, 6.45) is 4.20. The van der Waals surface area contributed by atoms with Crippen molar-refractivity contribution in [1.29, 1.82) is 0 Å². The maximum atomic E-state index is 12.2. The van der Waals surface area contributed by atoms with Crippen LogP contribution in [0.2, 0.25) is 0 Å². The van der Waals surface area contributed by atoms with E-state index >= 15 is 0 Å². The lowest BCUT2D eigenvalue weighted by Crippen LogP contribution is -2.48. The van der Waals surface area contributed by atoms with E-state index in [0.29, 0.717) is 19.6 Å². The van der Waals surface area contributed by atoms with Crippen molar-refractivity contribution in [2.45, 2.75) is 26.4 Å². The second kappa shape index (κ2) is 7.77. The molecule has 1 saturated heterocycles. The first-order chi connectivity index (χ1) is 10.6. The fourth-order valence-corrected chi connectivity index (χ4v) is 2.46. The molecule has 1 aromatic heterocycles. The maximum absolute atomic E-state index is 12.2. The van der Waals surface area contributed by atoms with Gasteiger partial charge in [-0.2, -0.15) is 5.10 Å². The smallest absolute Gasteiger partial charge is 0.315 e. The molecule has 0 saturated carbocycles. The molecule has 22 heavy (non-hydrogen) atoms. The van der Waals surface area contributed by atoms with Crippen molar-refractivity contribution < 1.29 is 14.0 Å². The summed E-state index contributed by atoms with van der Waals surface area (Å²) >= 11 is 0. The average molecular weight is 311 g/mol. The number of hydrogen-bond donors (Lipinski definition) is 3. The zero-order valence-corrected chi connectivity index (χ0v) is 12.6. The lowest BCUT2D eigenvalue weighted by atomic mass is 9.87. The molecule has 1 fully saturated rings. The summed E-state index contributed by atoms with van der Waals surface area (Å²) in [4.78, 5) is 23.5. The number of carbonyl (C=O) groups is 2. The van der Waals surface area contributed by atoms with E-state index in [1.807, 2.05) is 6.92 Å². The zero-order chi connectivity index (χ0) is 15.9. The normalized spacial score (nSPS) is 21.3. The minimum atomic E-state index is -0.476. The third kappa shape index (κ3) is 4.44. The van der Waals surface area contributed by atoms with Gasteiger partial charge in [0.15, 0.2) is 0 Å². The Bertz CT molecular complexity index is 519. The van der Waals surface area contributed by atoms with Gasteiger partial charge in [0.25, 0.3) is 0 Å². The van der Waals surface area contributed by atoms with Gasteiger partial charge in [-0.3, -0.25) is 9.48 Å². The Morgan fingerprint density at radius 3 is 3.09 bits per heavy atom. The number of alkyl halides is 1. The first-order valence-electron chi connectivity index (χ1n) is 7.47. The molecule has 8 heteroatoms. The molecule has 2 rings (SSSR count). The van der Waals surface area contributed by atoms with Gasteiger partial charge in [0, 0.05) is 31.4 Å². The number of halogens is 1. The highest BCUT2D eigenvalue weighted by Crippen LogP contribution is 2.18. The van der Waals surface area contributed by atoms with Crippen LogP contribution in [-0.4, -0.2) is 41.5 Å². The molecule has 7 nitrogen and oxygen atoms in total. The van der Waals surface area contributed by atoms with E-state index in [4.69, 9.17) is 0 Å². The Balaban J connectivity index is 1.72. The Morgan fingerprint density at radius 2 is 2.36 bits per heavy atom. The number of aromatic nitrogens is 2. The number of urea groups is 1. The van der Waals surface area contributed by atoms with Crippen LogP contribution in [0.15, 0.2) is 12.4 Å². The van der Waals surface area contributed by atoms with Gasteiger partial charge in [0.1, 0.15) is 6.67 Å². The van der Waals surface area contributed by atoms with E-state index < -0.39 is 6.67 Å². The van der Waals surface area contributed by atoms with Crippen LogP contribution in [-0.2, 0) is 17.9 Å². The predicted octanol–water partition coefficient (Wildman–Crippen LogP) is 0.424. The number of rotatable bonds is 6. The number of hydrogen-bond acceptors (Lipinski definition) is 3. The van der Waals surface area contributed by atoms with E-state index in [-0.39, 0.29) is 30.3 Å². The third-order valence-electron chi connectivity index (χ3n) is 3.86. The number of amides is 3. The van der Waals surface area contributed by atoms with Gasteiger partial charge < -0.3 is 16.0 Å². The Morgan fingerprint density at radius 1 is 1.55 bits per heavy atom. The second-order valence-electron chi connectivity index (χ2n) is 5.53. The minimum Gasteiger partial charge on any atom is -0.356 e. The summed E-state index contributed by atoms with van der Waals surface area (Å²) in [5.41, 5.74) is 0.798. The van der Waals surface area contributed by atoms with E-state index in [1.165, 1.54) is 4.68 Å². The fraction of sp³-hybridized carbons (Fsp3) is 0.643. The lowest BCUT2D eigenvalue weighted by Gasteiger charge is -2.28. The van der Waals surface area contributed by atoms with Crippen LogP contribution in [0.3, 0.4) is 0 Å². The van der Waals surface area contributed by atoms with Crippen molar-refractivity contribution in [3.8, 4) is 0 Å². The van der Waals surface area contributed by atoms with Crippen LogP contribution in [0.1, 0.15) is 18.9 Å². The summed E-state index contributed by atoms with van der Waals surface area (Å²) < 4.78 is 13.7. The van der Waals surface area contributed by atoms with Crippen LogP contribution in [0, 0.1) is 11.8 Å². The predicted molar refractivity (Wildman–Crippen MR) is 78.7 cm³/mol. The fourth-order valence-electron chi connectivity index (χ4n) is 2.46. The molecule has 2 unspecified atom stereocenters. The average Bonchev–Trinajstić information content (AvgIpc) is 2.93. The van der Waals surface area contributed by atoms with Crippen molar-refractivity contribution >= 4 is 11.9 Å². The topological polar surface area (TPSA) is 88.1 Å². The van der Waals surface area contributed by atoms with Crippen molar-refractivity contribution in [3.63, 3.8) is 0 Å². The summed E-state index contributed by atoms with van der Waals surface area (Å²) in [7, 11) is 0. The monoisotopic (exact) mass is 311 g/mol. The summed E-state index contributed by atoms with van der Waals surface area (Å²) in [6, 6.07) is -0.330. The van der Waals surface area contributed by atoms with E-state index in [1.54, 1.807) is 12.4 Å². The number of nitrogens with zero attached hydrogens (tertiary/aromatic N) is 2. The minimum absolute atomic E-state index is 0.00783. The first-order valence-corrected chi connectivity index (χ1v) is 7.47. The molecule has 2 atom stereocenters. The summed E-state index contributed by atoms with van der Waals surface area (Å²) in [5.74, 6) is 0.0614. The highest BCUT2D eigenvalue weighted by Gasteiger charge is 2.28. The maximum Gasteiger partial charge on any atom is 0.315 e. The summed E-state index contributed by atoms with van der Waals surface area (Å²) in [6.45, 7) is 3.08. The molecule has 0 aromatic carbocycles. The Hall–Kier alpha value is -2.12. The molecule has 122 valence electrons. The van der Waals surface area contributed by atoms with Gasteiger partial charge in [-0.15, -0.1) is 0 Å². The molecule has 0 radical (unpaired) electrons. The van der Waals surface area contributed by atoms with Crippen LogP contribution < -0.4 is 16.0 Å². The van der Waals surface area contributed by atoms with Gasteiger partial charge in [-0.05, 0) is 12.3 Å². The molecular formula is C14H22FN5O2. The molecule has 1 aromatic rings. The number of nitrogens with one attached hydrogen (secondary N) is 3. The van der Waals surface area contributed by atoms with Crippen molar-refractivity contribution in [3.05, 3.63) is 18.0 Å². The highest BCUT2D eigenvalue weighted by atomic mass is 19.1. The molecule has 3 amide bonds. The van der Waals surface area contributed by atoms with Crippen molar-refractivity contribution in [2.75, 3.05) is 19.8 Å². The number of piperidine rings is 1. The van der Waals surface area contributed by atoms with Crippen LogP contribution >= 0.6 is 0 Å². The SMILES string of the molecule is CC1CCNC(=O)C1CNC(=O)NCc1cnn(CCF)c1. The standard InChI is InChI=1S/C14H22FN5O2/c1-10-2-4-16-13(21)12(10)8-18-14(22)17-6-11-7-19-20(9-11)5-3-15/h7,9-10,12H,2-6,8H2,1H3,(H,16,21)(H2,17,18,22). The Labute approximate surface area is 128 Å². The van der Waals surface area contributed by atoms with E-state index in [9.17, 15) is 14.0 Å². The largest absolute Gasteiger partial charge is 0.356 e. The Kier molecular flexibility index (Phi) is 5.74. The van der Waals surface area contributed by atoms with Gasteiger partial charge in [-0.1, -0.05) is 6.92 Å². The number of aryl methyl sites for hydroxylation is 1. The van der Waals surface area contributed by atoms with Gasteiger partial charge in [0.2, 0.25) is 5.91 Å². The molecule has 2 heterocycles. The molecule has 3 N–H and O–H groups in total. The summed E-state index contributed by atoms with van der Waals surface area (Å²) in [5, 5.41) is 12.2. The molecule has 0 bridgehead atoms. The van der Waals surface area contributed by atoms with Crippen molar-refractivity contribution in [2.24, 2.45) is 11.8 Å². The van der Waals surface area contributed by atoms with Crippen LogP contribution in [0.4, 0.5) is 9.18 Å². The lowest BCUT2D eigenvalue weighted by molar-refractivity contribution is -0.128. The second-order valence-corrected chi connectivity index (χ2v) is 5.53. The molecule has 1 aliphatic heterocycles. The molecule has 0 spiro atoms. The van der Waals surface area contributed by atoms with Crippen molar-refractivity contribution in [1.82, 2.24) is 25.7 Å². The first kappa shape index (κ1) is 16.3. The van der Waals surface area contributed by atoms with Gasteiger partial charge in [0.05, 0.1) is 18.7 Å². The van der Waals surface area contributed by atoms with Gasteiger partial charge in [-0.25, -0.2) is 9.18 Å². The zero-order valence-electron chi connectivity index (χ0n) is 12.6. The van der Waals surface area contributed by atoms with E-state index in [2.05, 4.69) is 21.0 Å². The van der Waals surface area contributed by atoms with Gasteiger partial charge >= 0.3 is 6.03 Å². The molecule has 0 aliphatic carbocycles. The number of carbonyl (C=O) groups excluding carboxylic acids is 2. The highest BCUT2D eigenvalue weighted by molar-refractivity contribution is 5.81. The molecular weight excluding hydrogens is 289 g/mol. The van der Waals surface area contributed by atoms with Crippen LogP contribution in [0.25, 0.3) is 0 Å². The quantitative estimate of drug-likeness (QED) is 0.711. The van der Waals surface area contributed by atoms with E-state index in [0.717, 1.165) is 12.0 Å². The molecule has 1 aliphatic rings. The third-order valence-corrected chi connectivity index (χ3v) is 3.86. The van der Waals surface area contributed by atoms with Crippen LogP contribution in [0.5, 0.6) is 0 Å².